The van der Waals surface area contributed by atoms with Gasteiger partial charge in [-0.25, -0.2) is 4.98 Å². The summed E-state index contributed by atoms with van der Waals surface area (Å²) in [6.07, 6.45) is 1.67. The second kappa shape index (κ2) is 8.07. The monoisotopic (exact) mass is 432 g/mol. The molecule has 0 aliphatic carbocycles. The second-order valence-corrected chi connectivity index (χ2v) is 6.82. The van der Waals surface area contributed by atoms with E-state index in [0.717, 1.165) is 15.8 Å². The van der Waals surface area contributed by atoms with E-state index in [1.165, 1.54) is 23.5 Å². The molecular formula is C17H13BrN4O3S. The molecule has 1 aromatic heterocycles. The van der Waals surface area contributed by atoms with Gasteiger partial charge < -0.3 is 4.74 Å². The number of non-ortho nitro benzene ring substituents is 1. The first-order valence-corrected chi connectivity index (χ1v) is 9.07. The van der Waals surface area contributed by atoms with E-state index in [9.17, 15) is 10.1 Å². The zero-order valence-corrected chi connectivity index (χ0v) is 16.0. The van der Waals surface area contributed by atoms with E-state index < -0.39 is 4.92 Å². The number of ether oxygens (including phenoxy) is 1. The largest absolute Gasteiger partial charge is 0.496 e. The molecule has 0 unspecified atom stereocenters. The molecule has 0 radical (unpaired) electrons. The molecule has 1 heterocycles. The number of nitro groups is 1. The molecular weight excluding hydrogens is 420 g/mol. The van der Waals surface area contributed by atoms with Crippen molar-refractivity contribution in [2.75, 3.05) is 12.5 Å². The van der Waals surface area contributed by atoms with E-state index in [1.807, 2.05) is 23.6 Å². The summed E-state index contributed by atoms with van der Waals surface area (Å²) in [6.45, 7) is 0. The molecule has 1 N–H and O–H groups in total. The van der Waals surface area contributed by atoms with Crippen LogP contribution in [0.2, 0.25) is 0 Å². The number of hydrogen-bond acceptors (Lipinski definition) is 7. The van der Waals surface area contributed by atoms with Crippen LogP contribution in [0.5, 0.6) is 5.75 Å². The molecule has 0 atom stereocenters. The van der Waals surface area contributed by atoms with E-state index in [0.29, 0.717) is 16.4 Å². The molecule has 132 valence electrons. The lowest BCUT2D eigenvalue weighted by Gasteiger charge is -2.03. The first kappa shape index (κ1) is 18.0. The van der Waals surface area contributed by atoms with Gasteiger partial charge in [-0.2, -0.15) is 5.10 Å². The molecule has 9 heteroatoms. The Morgan fingerprint density at radius 1 is 1.35 bits per heavy atom. The fourth-order valence-corrected chi connectivity index (χ4v) is 3.39. The number of nitrogens with one attached hydrogen (secondary N) is 1. The van der Waals surface area contributed by atoms with Crippen molar-refractivity contribution in [3.63, 3.8) is 0 Å². The Balaban J connectivity index is 1.70. The lowest BCUT2D eigenvalue weighted by molar-refractivity contribution is -0.384. The Labute approximate surface area is 161 Å². The average molecular weight is 433 g/mol. The molecule has 3 aromatic rings. The highest BCUT2D eigenvalue weighted by Crippen LogP contribution is 2.28. The van der Waals surface area contributed by atoms with Crippen LogP contribution >= 0.6 is 27.3 Å². The first-order valence-electron chi connectivity index (χ1n) is 7.40. The lowest BCUT2D eigenvalue weighted by atomic mass is 10.1. The molecule has 0 saturated carbocycles. The maximum atomic E-state index is 10.9. The Kier molecular flexibility index (Phi) is 5.59. The number of halogens is 1. The molecule has 0 spiro atoms. The van der Waals surface area contributed by atoms with Crippen molar-refractivity contribution in [3.05, 3.63) is 68.0 Å². The van der Waals surface area contributed by atoms with Crippen LogP contribution in [0, 0.1) is 10.1 Å². The van der Waals surface area contributed by atoms with Crippen molar-refractivity contribution < 1.29 is 9.66 Å². The van der Waals surface area contributed by atoms with Crippen LogP contribution in [-0.4, -0.2) is 23.2 Å². The van der Waals surface area contributed by atoms with Crippen LogP contribution in [-0.2, 0) is 0 Å². The molecule has 3 rings (SSSR count). The van der Waals surface area contributed by atoms with Crippen LogP contribution < -0.4 is 10.2 Å². The van der Waals surface area contributed by atoms with E-state index in [4.69, 9.17) is 4.74 Å². The van der Waals surface area contributed by atoms with Crippen LogP contribution in [0.3, 0.4) is 0 Å². The molecule has 2 aromatic carbocycles. The van der Waals surface area contributed by atoms with Gasteiger partial charge in [-0.05, 0) is 39.7 Å². The minimum Gasteiger partial charge on any atom is -0.496 e. The summed E-state index contributed by atoms with van der Waals surface area (Å²) in [7, 11) is 1.61. The van der Waals surface area contributed by atoms with Gasteiger partial charge in [-0.1, -0.05) is 12.1 Å². The summed E-state index contributed by atoms with van der Waals surface area (Å²) in [5.41, 5.74) is 5.13. The van der Waals surface area contributed by atoms with E-state index >= 15 is 0 Å². The van der Waals surface area contributed by atoms with Gasteiger partial charge in [-0.3, -0.25) is 15.5 Å². The number of aromatic nitrogens is 1. The number of anilines is 1. The normalized spacial score (nSPS) is 10.8. The standard InChI is InChI=1S/C17H13BrN4O3S/c1-25-16-6-5-11(7-14(16)18)9-19-21-17-20-15(10-26-17)12-3-2-4-13(8-12)22(23)24/h2-10H,1H3,(H,20,21)/b19-9+. The van der Waals surface area contributed by atoms with E-state index in [2.05, 4.69) is 31.4 Å². The van der Waals surface area contributed by atoms with Crippen LogP contribution in [0.15, 0.2) is 57.4 Å². The predicted molar refractivity (Wildman–Crippen MR) is 106 cm³/mol. The number of thiazole rings is 1. The third-order valence-corrected chi connectivity index (χ3v) is 4.77. The van der Waals surface area contributed by atoms with Gasteiger partial charge in [0.15, 0.2) is 0 Å². The van der Waals surface area contributed by atoms with Crippen molar-refractivity contribution in [1.29, 1.82) is 0 Å². The maximum absolute atomic E-state index is 10.9. The van der Waals surface area contributed by atoms with Crippen LogP contribution in [0.4, 0.5) is 10.8 Å². The molecule has 0 saturated heterocycles. The van der Waals surface area contributed by atoms with Crippen LogP contribution in [0.1, 0.15) is 5.56 Å². The van der Waals surface area contributed by atoms with Crippen molar-refractivity contribution in [1.82, 2.24) is 4.98 Å². The summed E-state index contributed by atoms with van der Waals surface area (Å²) in [4.78, 5) is 14.8. The van der Waals surface area contributed by atoms with E-state index in [-0.39, 0.29) is 5.69 Å². The summed E-state index contributed by atoms with van der Waals surface area (Å²) in [5.74, 6) is 0.747. The molecule has 0 bridgehead atoms. The third-order valence-electron chi connectivity index (χ3n) is 3.41. The summed E-state index contributed by atoms with van der Waals surface area (Å²) >= 11 is 4.79. The number of hydrazone groups is 1. The fourth-order valence-electron chi connectivity index (χ4n) is 2.16. The highest BCUT2D eigenvalue weighted by atomic mass is 79.9. The highest BCUT2D eigenvalue weighted by Gasteiger charge is 2.09. The molecule has 0 aliphatic rings. The average Bonchev–Trinajstić information content (AvgIpc) is 3.11. The second-order valence-electron chi connectivity index (χ2n) is 5.11. The van der Waals surface area contributed by atoms with Gasteiger partial charge in [0, 0.05) is 23.1 Å². The van der Waals surface area contributed by atoms with Crippen molar-refractivity contribution >= 4 is 44.3 Å². The Hall–Kier alpha value is -2.78. The van der Waals surface area contributed by atoms with Crippen molar-refractivity contribution in [2.24, 2.45) is 5.10 Å². The number of hydrogen-bond donors (Lipinski definition) is 1. The lowest BCUT2D eigenvalue weighted by Crippen LogP contribution is -1.92. The topological polar surface area (TPSA) is 89.7 Å². The van der Waals surface area contributed by atoms with Crippen molar-refractivity contribution in [2.45, 2.75) is 0 Å². The van der Waals surface area contributed by atoms with Gasteiger partial charge in [-0.15, -0.1) is 11.3 Å². The Bertz CT molecular complexity index is 974. The van der Waals surface area contributed by atoms with E-state index in [1.54, 1.807) is 25.5 Å². The van der Waals surface area contributed by atoms with Gasteiger partial charge >= 0.3 is 0 Å². The number of benzene rings is 2. The number of nitro benzene ring substituents is 1. The molecule has 26 heavy (non-hydrogen) atoms. The smallest absolute Gasteiger partial charge is 0.270 e. The zero-order valence-electron chi connectivity index (χ0n) is 13.5. The number of rotatable bonds is 6. The first-order chi connectivity index (χ1) is 12.6. The summed E-state index contributed by atoms with van der Waals surface area (Å²) < 4.78 is 6.02. The Morgan fingerprint density at radius 3 is 2.92 bits per heavy atom. The maximum Gasteiger partial charge on any atom is 0.270 e. The minimum absolute atomic E-state index is 0.0353. The zero-order chi connectivity index (χ0) is 18.5. The summed E-state index contributed by atoms with van der Waals surface area (Å²) in [6, 6.07) is 12.0. The quantitative estimate of drug-likeness (QED) is 0.338. The molecule has 0 fully saturated rings. The van der Waals surface area contributed by atoms with Gasteiger partial charge in [0.05, 0.1) is 28.4 Å². The van der Waals surface area contributed by atoms with Gasteiger partial charge in [0.25, 0.3) is 5.69 Å². The SMILES string of the molecule is COc1ccc(/C=N/Nc2nc(-c3cccc([N+](=O)[O-])c3)cs2)cc1Br. The number of nitrogens with zero attached hydrogens (tertiary/aromatic N) is 3. The van der Waals surface area contributed by atoms with Crippen molar-refractivity contribution in [3.8, 4) is 17.0 Å². The summed E-state index contributed by atoms with van der Waals surface area (Å²) in [5, 5.41) is 17.5. The molecule has 7 nitrogen and oxygen atoms in total. The fraction of sp³-hybridized carbons (Fsp3) is 0.0588. The van der Waals surface area contributed by atoms with Gasteiger partial charge in [0.2, 0.25) is 5.13 Å². The predicted octanol–water partition coefficient (Wildman–Crippen LogP) is 4.94. The van der Waals surface area contributed by atoms with Gasteiger partial charge in [0.1, 0.15) is 5.75 Å². The molecule has 0 amide bonds. The highest BCUT2D eigenvalue weighted by molar-refractivity contribution is 9.10. The minimum atomic E-state index is -0.424. The third kappa shape index (κ3) is 4.24. The molecule has 0 aliphatic heterocycles. The number of methoxy groups -OCH3 is 1. The Morgan fingerprint density at radius 2 is 2.19 bits per heavy atom. The van der Waals surface area contributed by atoms with Crippen LogP contribution in [0.25, 0.3) is 11.3 Å².